The lowest BCUT2D eigenvalue weighted by molar-refractivity contribution is -0.171. The van der Waals surface area contributed by atoms with Gasteiger partial charge >= 0.3 is 6.18 Å². The molecule has 0 aromatic carbocycles. The molecule has 0 aliphatic heterocycles. The van der Waals surface area contributed by atoms with Crippen LogP contribution in [-0.2, 0) is 9.59 Å². The van der Waals surface area contributed by atoms with Crippen LogP contribution in [0.3, 0.4) is 0 Å². The molecule has 20 heavy (non-hydrogen) atoms. The van der Waals surface area contributed by atoms with Gasteiger partial charge in [-0.3, -0.25) is 9.59 Å². The molecule has 0 bridgehead atoms. The normalized spacial score (nSPS) is 12.2. The zero-order valence-electron chi connectivity index (χ0n) is 12.1. The molecule has 0 unspecified atom stereocenters. The number of carbonyl (C=O) groups excluding carboxylic acids is 2. The van der Waals surface area contributed by atoms with Crippen molar-refractivity contribution in [1.29, 1.82) is 0 Å². The molecule has 114 valence electrons. The van der Waals surface area contributed by atoms with Crippen LogP contribution in [0.2, 0.25) is 0 Å². The summed E-state index contributed by atoms with van der Waals surface area (Å²) in [7, 11) is 0. The number of hydrogen-bond acceptors (Lipinski definition) is 2. The Morgan fingerprint density at radius 1 is 0.950 bits per heavy atom. The van der Waals surface area contributed by atoms with Crippen molar-refractivity contribution in [3.8, 4) is 0 Å². The van der Waals surface area contributed by atoms with Gasteiger partial charge in [0.1, 0.15) is 5.78 Å². The van der Waals surface area contributed by atoms with Gasteiger partial charge in [0.05, 0.1) is 6.42 Å². The highest BCUT2D eigenvalue weighted by Gasteiger charge is 2.38. The Hall–Kier alpha value is -1.39. The Morgan fingerprint density at radius 2 is 1.50 bits per heavy atom. The lowest BCUT2D eigenvalue weighted by Crippen LogP contribution is -2.25. The van der Waals surface area contributed by atoms with E-state index in [-0.39, 0.29) is 6.42 Å². The first-order chi connectivity index (χ1) is 9.12. The Morgan fingerprint density at radius 3 is 2.00 bits per heavy atom. The van der Waals surface area contributed by atoms with Gasteiger partial charge in [-0.2, -0.15) is 13.2 Å². The van der Waals surface area contributed by atoms with Crippen LogP contribution in [0, 0.1) is 0 Å². The van der Waals surface area contributed by atoms with Gasteiger partial charge in [-0.25, -0.2) is 0 Å². The van der Waals surface area contributed by atoms with E-state index in [0.29, 0.717) is 6.42 Å². The van der Waals surface area contributed by atoms with Crippen LogP contribution in [0.25, 0.3) is 0 Å². The number of Topliss-reactive ketones (excluding diaryl/α,β-unsaturated/α-hetero) is 2. The van der Waals surface area contributed by atoms with Crippen molar-refractivity contribution in [3.63, 3.8) is 0 Å². The van der Waals surface area contributed by atoms with Crippen molar-refractivity contribution in [2.75, 3.05) is 0 Å². The van der Waals surface area contributed by atoms with Gasteiger partial charge in [0.2, 0.25) is 5.78 Å². The standard InChI is InChI=1S/C15H21F3O2/c1-11(2)6-4-7-12(3)8-5-9-13(19)10-14(20)15(16,17)18/h6,8H,4-5,7,9-10H2,1-3H3/b12-8-. The van der Waals surface area contributed by atoms with Crippen molar-refractivity contribution in [1.82, 2.24) is 0 Å². The molecule has 2 nitrogen and oxygen atoms in total. The number of allylic oxidation sites excluding steroid dienone is 4. The van der Waals surface area contributed by atoms with E-state index in [9.17, 15) is 22.8 Å². The molecule has 5 heteroatoms. The maximum atomic E-state index is 11.9. The number of alkyl halides is 3. The third kappa shape index (κ3) is 9.53. The molecule has 0 aliphatic rings. The summed E-state index contributed by atoms with van der Waals surface area (Å²) < 4.78 is 35.8. The van der Waals surface area contributed by atoms with E-state index in [1.54, 1.807) is 0 Å². The lowest BCUT2D eigenvalue weighted by atomic mass is 10.1. The minimum atomic E-state index is -4.91. The molecule has 0 saturated carbocycles. The van der Waals surface area contributed by atoms with Gasteiger partial charge in [-0.1, -0.05) is 23.3 Å². The Bertz CT molecular complexity index is 400. The lowest BCUT2D eigenvalue weighted by Gasteiger charge is -2.04. The number of ketones is 2. The van der Waals surface area contributed by atoms with Crippen LogP contribution in [0.4, 0.5) is 13.2 Å². The maximum Gasteiger partial charge on any atom is 0.450 e. The molecule has 0 amide bonds. The third-order valence-electron chi connectivity index (χ3n) is 2.68. The SMILES string of the molecule is CC(C)=CCC/C(C)=C\CCC(=O)CC(=O)C(F)(F)F. The van der Waals surface area contributed by atoms with Gasteiger partial charge in [0.25, 0.3) is 0 Å². The highest BCUT2D eigenvalue weighted by atomic mass is 19.4. The van der Waals surface area contributed by atoms with Crippen LogP contribution in [-0.4, -0.2) is 17.7 Å². The van der Waals surface area contributed by atoms with Crippen molar-refractivity contribution < 1.29 is 22.8 Å². The number of rotatable bonds is 8. The summed E-state index contributed by atoms with van der Waals surface area (Å²) in [4.78, 5) is 21.8. The molecule has 0 rings (SSSR count). The van der Waals surface area contributed by atoms with Gasteiger partial charge in [-0.05, 0) is 40.0 Å². The second-order valence-electron chi connectivity index (χ2n) is 5.05. The number of carbonyl (C=O) groups is 2. The van der Waals surface area contributed by atoms with Crippen LogP contribution >= 0.6 is 0 Å². The number of hydrogen-bond donors (Lipinski definition) is 0. The Kier molecular flexibility index (Phi) is 8.11. The fourth-order valence-electron chi connectivity index (χ4n) is 1.54. The highest BCUT2D eigenvalue weighted by Crippen LogP contribution is 2.18. The average molecular weight is 290 g/mol. The molecule has 0 N–H and O–H groups in total. The van der Waals surface area contributed by atoms with Crippen LogP contribution in [0.5, 0.6) is 0 Å². The molecule has 0 heterocycles. The molecular weight excluding hydrogens is 269 g/mol. The van der Waals surface area contributed by atoms with E-state index in [4.69, 9.17) is 0 Å². The largest absolute Gasteiger partial charge is 0.450 e. The summed E-state index contributed by atoms with van der Waals surface area (Å²) in [6.07, 6.45) is 0.109. The highest BCUT2D eigenvalue weighted by molar-refractivity contribution is 6.01. The summed E-state index contributed by atoms with van der Waals surface area (Å²) in [6.45, 7) is 5.94. The third-order valence-corrected chi connectivity index (χ3v) is 2.68. The summed E-state index contributed by atoms with van der Waals surface area (Å²) >= 11 is 0. The van der Waals surface area contributed by atoms with Crippen molar-refractivity contribution in [3.05, 3.63) is 23.3 Å². The van der Waals surface area contributed by atoms with Gasteiger partial charge in [-0.15, -0.1) is 0 Å². The second kappa shape index (κ2) is 8.72. The van der Waals surface area contributed by atoms with Crippen LogP contribution < -0.4 is 0 Å². The van der Waals surface area contributed by atoms with E-state index in [2.05, 4.69) is 6.08 Å². The molecule has 0 aliphatic carbocycles. The number of halogens is 3. The minimum Gasteiger partial charge on any atom is -0.299 e. The molecular formula is C15H21F3O2. The summed E-state index contributed by atoms with van der Waals surface area (Å²) in [5, 5.41) is 0. The maximum absolute atomic E-state index is 11.9. The Labute approximate surface area is 117 Å². The average Bonchev–Trinajstić information content (AvgIpc) is 2.26. The summed E-state index contributed by atoms with van der Waals surface area (Å²) in [5.41, 5.74) is 2.33. The topological polar surface area (TPSA) is 34.1 Å². The first-order valence-electron chi connectivity index (χ1n) is 6.53. The summed E-state index contributed by atoms with van der Waals surface area (Å²) in [5.74, 6) is -2.63. The zero-order valence-corrected chi connectivity index (χ0v) is 12.1. The van der Waals surface area contributed by atoms with Gasteiger partial charge < -0.3 is 0 Å². The molecule has 0 atom stereocenters. The van der Waals surface area contributed by atoms with Crippen molar-refractivity contribution in [2.24, 2.45) is 0 Å². The van der Waals surface area contributed by atoms with Crippen LogP contribution in [0.15, 0.2) is 23.3 Å². The fourth-order valence-corrected chi connectivity index (χ4v) is 1.54. The van der Waals surface area contributed by atoms with Crippen LogP contribution in [0.1, 0.15) is 52.9 Å². The quantitative estimate of drug-likeness (QED) is 0.485. The molecule has 0 spiro atoms. The van der Waals surface area contributed by atoms with E-state index in [1.807, 2.05) is 26.8 Å². The minimum absolute atomic E-state index is 0.0260. The zero-order chi connectivity index (χ0) is 15.8. The summed E-state index contributed by atoms with van der Waals surface area (Å²) in [6, 6.07) is 0. The van der Waals surface area contributed by atoms with E-state index >= 15 is 0 Å². The Balaban J connectivity index is 4.02. The smallest absolute Gasteiger partial charge is 0.299 e. The first-order valence-corrected chi connectivity index (χ1v) is 6.53. The van der Waals surface area contributed by atoms with Crippen molar-refractivity contribution in [2.45, 2.75) is 59.1 Å². The molecule has 0 radical (unpaired) electrons. The second-order valence-corrected chi connectivity index (χ2v) is 5.05. The predicted molar refractivity (Wildman–Crippen MR) is 72.3 cm³/mol. The van der Waals surface area contributed by atoms with E-state index in [0.717, 1.165) is 18.4 Å². The molecule has 0 fully saturated rings. The molecule has 0 saturated heterocycles. The van der Waals surface area contributed by atoms with E-state index < -0.39 is 24.2 Å². The predicted octanol–water partition coefficient (Wildman–Crippen LogP) is 4.55. The molecule has 0 aromatic heterocycles. The van der Waals surface area contributed by atoms with Crippen molar-refractivity contribution >= 4 is 11.6 Å². The fraction of sp³-hybridized carbons (Fsp3) is 0.600. The molecule has 0 aromatic rings. The van der Waals surface area contributed by atoms with Gasteiger partial charge in [0.15, 0.2) is 0 Å². The van der Waals surface area contributed by atoms with Gasteiger partial charge in [0, 0.05) is 6.42 Å². The monoisotopic (exact) mass is 290 g/mol. The van der Waals surface area contributed by atoms with E-state index in [1.165, 1.54) is 5.57 Å². The first kappa shape index (κ1) is 18.6.